The maximum absolute atomic E-state index is 11.2. The molecule has 0 fully saturated rings. The zero-order valence-electron chi connectivity index (χ0n) is 9.73. The van der Waals surface area contributed by atoms with Crippen LogP contribution in [0.25, 0.3) is 0 Å². The maximum Gasteiger partial charge on any atom is 0.236 e. The molecule has 7 nitrogen and oxygen atoms in total. The lowest BCUT2D eigenvalue weighted by Crippen LogP contribution is -2.33. The normalized spacial score (nSPS) is 10.2. The number of nitrogens with zero attached hydrogens (tertiary/aromatic N) is 2. The van der Waals surface area contributed by atoms with Crippen LogP contribution in [0.15, 0.2) is 4.52 Å². The fourth-order valence-electron chi connectivity index (χ4n) is 1.21. The van der Waals surface area contributed by atoms with E-state index < -0.39 is 5.91 Å². The first-order chi connectivity index (χ1) is 8.11. The maximum atomic E-state index is 11.2. The molecule has 2 amide bonds. The van der Waals surface area contributed by atoms with Crippen LogP contribution in [0.1, 0.15) is 31.5 Å². The average Bonchev–Trinajstić information content (AvgIpc) is 2.72. The van der Waals surface area contributed by atoms with Gasteiger partial charge in [0, 0.05) is 19.3 Å². The van der Waals surface area contributed by atoms with Crippen LogP contribution in [0.3, 0.4) is 0 Å². The highest BCUT2D eigenvalue weighted by Gasteiger charge is 2.08. The number of amides is 2. The number of aromatic nitrogens is 2. The molecule has 0 aliphatic carbocycles. The van der Waals surface area contributed by atoms with Crippen molar-refractivity contribution in [2.45, 2.75) is 32.6 Å². The summed E-state index contributed by atoms with van der Waals surface area (Å²) < 4.78 is 4.96. The molecule has 1 rings (SSSR count). The molecule has 17 heavy (non-hydrogen) atoms. The zero-order valence-corrected chi connectivity index (χ0v) is 9.73. The minimum absolute atomic E-state index is 0.149. The van der Waals surface area contributed by atoms with Crippen LogP contribution >= 0.6 is 0 Å². The first-order valence-electron chi connectivity index (χ1n) is 5.48. The van der Waals surface area contributed by atoms with Crippen LogP contribution < -0.4 is 11.1 Å². The molecule has 0 aliphatic rings. The number of primary amides is 1. The summed E-state index contributed by atoms with van der Waals surface area (Å²) in [5, 5.41) is 6.15. The van der Waals surface area contributed by atoms with E-state index in [2.05, 4.69) is 15.5 Å². The summed E-state index contributed by atoms with van der Waals surface area (Å²) in [4.78, 5) is 25.8. The highest BCUT2D eigenvalue weighted by atomic mass is 16.5. The Bertz CT molecular complexity index is 389. The Hall–Kier alpha value is -1.92. The lowest BCUT2D eigenvalue weighted by Gasteiger charge is -1.99. The zero-order chi connectivity index (χ0) is 12.7. The second kappa shape index (κ2) is 6.62. The second-order valence-electron chi connectivity index (χ2n) is 3.60. The third kappa shape index (κ3) is 5.10. The summed E-state index contributed by atoms with van der Waals surface area (Å²) in [6.45, 7) is 1.87. The molecule has 0 radical (unpaired) electrons. The number of aryl methyl sites for hydroxylation is 2. The Balaban J connectivity index is 2.29. The third-order valence-electron chi connectivity index (χ3n) is 2.01. The van der Waals surface area contributed by atoms with E-state index in [1.807, 2.05) is 6.92 Å². The van der Waals surface area contributed by atoms with E-state index in [-0.39, 0.29) is 18.9 Å². The van der Waals surface area contributed by atoms with E-state index >= 15 is 0 Å². The lowest BCUT2D eigenvalue weighted by atomic mass is 10.3. The van der Waals surface area contributed by atoms with Crippen LogP contribution in [-0.2, 0) is 22.4 Å². The van der Waals surface area contributed by atoms with Gasteiger partial charge in [-0.1, -0.05) is 12.1 Å². The van der Waals surface area contributed by atoms with Crippen LogP contribution in [0.5, 0.6) is 0 Å². The molecule has 0 bridgehead atoms. The number of nitrogens with one attached hydrogen (secondary N) is 1. The lowest BCUT2D eigenvalue weighted by molar-refractivity contribution is -0.124. The van der Waals surface area contributed by atoms with Crippen LogP contribution in [0.2, 0.25) is 0 Å². The summed E-state index contributed by atoms with van der Waals surface area (Å²) in [7, 11) is 0. The first-order valence-corrected chi connectivity index (χ1v) is 5.48. The molecule has 0 atom stereocenters. The molecule has 1 aromatic heterocycles. The van der Waals surface area contributed by atoms with Crippen molar-refractivity contribution in [1.82, 2.24) is 15.5 Å². The van der Waals surface area contributed by atoms with Gasteiger partial charge < -0.3 is 15.6 Å². The van der Waals surface area contributed by atoms with Gasteiger partial charge in [-0.25, -0.2) is 0 Å². The molecular weight excluding hydrogens is 224 g/mol. The number of carbonyl (C=O) groups excluding carboxylic acids is 2. The van der Waals surface area contributed by atoms with Crippen LogP contribution in [-0.4, -0.2) is 28.5 Å². The summed E-state index contributed by atoms with van der Waals surface area (Å²) in [5.74, 6) is 0.253. The Morgan fingerprint density at radius 1 is 1.41 bits per heavy atom. The summed E-state index contributed by atoms with van der Waals surface area (Å²) in [6.07, 6.45) is 2.26. The standard InChI is InChI=1S/C10H16N4O3/c1-2-3-8-13-10(17-14-8)5-4-9(16)12-6-7(11)15/h2-6H2,1H3,(H2,11,15)(H,12,16). The van der Waals surface area contributed by atoms with Gasteiger partial charge in [-0.2, -0.15) is 4.98 Å². The molecule has 0 spiro atoms. The summed E-state index contributed by atoms with van der Waals surface area (Å²) in [5.41, 5.74) is 4.89. The third-order valence-corrected chi connectivity index (χ3v) is 2.01. The van der Waals surface area contributed by atoms with Gasteiger partial charge in [0.05, 0.1) is 6.54 Å². The Kier molecular flexibility index (Phi) is 5.12. The SMILES string of the molecule is CCCc1noc(CCC(=O)NCC(N)=O)n1. The van der Waals surface area contributed by atoms with Gasteiger partial charge in [-0.3, -0.25) is 9.59 Å². The number of carbonyl (C=O) groups is 2. The topological polar surface area (TPSA) is 111 Å². The number of rotatable bonds is 7. The van der Waals surface area contributed by atoms with E-state index in [1.165, 1.54) is 0 Å². The Morgan fingerprint density at radius 2 is 2.18 bits per heavy atom. The Morgan fingerprint density at radius 3 is 2.82 bits per heavy atom. The summed E-state index contributed by atoms with van der Waals surface area (Å²) in [6, 6.07) is 0. The molecule has 3 N–H and O–H groups in total. The minimum Gasteiger partial charge on any atom is -0.368 e. The van der Waals surface area contributed by atoms with Crippen molar-refractivity contribution in [3.63, 3.8) is 0 Å². The number of hydrogen-bond acceptors (Lipinski definition) is 5. The van der Waals surface area contributed by atoms with Gasteiger partial charge in [-0.05, 0) is 6.42 Å². The number of nitrogens with two attached hydrogens (primary N) is 1. The molecular formula is C10H16N4O3. The van der Waals surface area contributed by atoms with Crippen molar-refractivity contribution in [3.05, 3.63) is 11.7 Å². The van der Waals surface area contributed by atoms with Gasteiger partial charge in [-0.15, -0.1) is 0 Å². The van der Waals surface area contributed by atoms with Crippen LogP contribution in [0.4, 0.5) is 0 Å². The fourth-order valence-corrected chi connectivity index (χ4v) is 1.21. The fraction of sp³-hybridized carbons (Fsp3) is 0.600. The van der Waals surface area contributed by atoms with Crippen molar-refractivity contribution >= 4 is 11.8 Å². The largest absolute Gasteiger partial charge is 0.368 e. The second-order valence-corrected chi connectivity index (χ2v) is 3.60. The van der Waals surface area contributed by atoms with Crippen molar-refractivity contribution in [2.24, 2.45) is 5.73 Å². The average molecular weight is 240 g/mol. The molecule has 0 aromatic carbocycles. The van der Waals surface area contributed by atoms with Crippen molar-refractivity contribution < 1.29 is 14.1 Å². The molecule has 1 heterocycles. The highest BCUT2D eigenvalue weighted by Crippen LogP contribution is 2.02. The molecule has 0 aliphatic heterocycles. The van der Waals surface area contributed by atoms with Crippen molar-refractivity contribution in [2.75, 3.05) is 6.54 Å². The van der Waals surface area contributed by atoms with Gasteiger partial charge in [0.2, 0.25) is 17.7 Å². The van der Waals surface area contributed by atoms with Crippen LogP contribution in [0, 0.1) is 0 Å². The molecule has 0 saturated heterocycles. The van der Waals surface area contributed by atoms with Crippen molar-refractivity contribution in [3.8, 4) is 0 Å². The van der Waals surface area contributed by atoms with Gasteiger partial charge in [0.1, 0.15) is 0 Å². The minimum atomic E-state index is -0.568. The monoisotopic (exact) mass is 240 g/mol. The highest BCUT2D eigenvalue weighted by molar-refractivity contribution is 5.83. The molecule has 0 unspecified atom stereocenters. The molecule has 1 aromatic rings. The van der Waals surface area contributed by atoms with Gasteiger partial charge in [0.15, 0.2) is 5.82 Å². The van der Waals surface area contributed by atoms with Gasteiger partial charge >= 0.3 is 0 Å². The molecule has 0 saturated carbocycles. The first kappa shape index (κ1) is 13.1. The predicted octanol–water partition coefficient (Wildman–Crippen LogP) is -0.444. The van der Waals surface area contributed by atoms with E-state index in [0.717, 1.165) is 12.8 Å². The van der Waals surface area contributed by atoms with Crippen molar-refractivity contribution in [1.29, 1.82) is 0 Å². The number of hydrogen-bond donors (Lipinski definition) is 2. The molecule has 7 heteroatoms. The van der Waals surface area contributed by atoms with E-state index in [0.29, 0.717) is 18.1 Å². The van der Waals surface area contributed by atoms with E-state index in [9.17, 15) is 9.59 Å². The summed E-state index contributed by atoms with van der Waals surface area (Å²) >= 11 is 0. The molecule has 94 valence electrons. The smallest absolute Gasteiger partial charge is 0.236 e. The van der Waals surface area contributed by atoms with E-state index in [4.69, 9.17) is 10.3 Å². The Labute approximate surface area is 98.7 Å². The predicted molar refractivity (Wildman–Crippen MR) is 58.8 cm³/mol. The van der Waals surface area contributed by atoms with Gasteiger partial charge in [0.25, 0.3) is 0 Å². The van der Waals surface area contributed by atoms with E-state index in [1.54, 1.807) is 0 Å². The quantitative estimate of drug-likeness (QED) is 0.671.